The number of nitrogens with one attached hydrogen (secondary N) is 6. The fourth-order valence-electron chi connectivity index (χ4n) is 6.58. The van der Waals surface area contributed by atoms with Crippen LogP contribution >= 0.6 is 0 Å². The van der Waals surface area contributed by atoms with Crippen LogP contribution in [-0.4, -0.2) is 123 Å². The third-order valence-electron chi connectivity index (χ3n) is 10.3. The predicted molar refractivity (Wildman–Crippen MR) is 219 cm³/mol. The van der Waals surface area contributed by atoms with E-state index in [-0.39, 0.29) is 31.2 Å². The molecule has 9 atom stereocenters. The number of hydrogen-bond acceptors (Lipinski definition) is 10. The lowest BCUT2D eigenvalue weighted by atomic mass is 9.97. The van der Waals surface area contributed by atoms with E-state index in [1.807, 2.05) is 20.8 Å². The third-order valence-corrected chi connectivity index (χ3v) is 10.3. The van der Waals surface area contributed by atoms with Crippen molar-refractivity contribution in [3.8, 4) is 0 Å². The standard InChI is InChI=1S/C41H64N8O11/c1-9-23(6)33(40(58)49-17-13-16-30(49)41(59)60)48-35(53)25(8)43-34(52)24(7)44-37(55)28(18-21(2)3)45-38(56)29(19-26-14-11-10-12-15-26)46-39(57)32(22(4)5)47-36(54)27(42)20-31(50)51/h10-12,14-15,21-25,27-30,32-33H,9,13,16-20,42H2,1-8H3,(H,43,52)(H,44,55)(H,45,56)(H,46,57)(H,47,54)(H,48,53)(H,50,51)(H,59,60)/t23-,24-,25-,27-,28-,29-,30-,32-,33-/m0/s1. The van der Waals surface area contributed by atoms with Gasteiger partial charge in [-0.15, -0.1) is 0 Å². The maximum absolute atomic E-state index is 13.9. The van der Waals surface area contributed by atoms with Crippen molar-refractivity contribution in [1.82, 2.24) is 36.8 Å². The molecule has 60 heavy (non-hydrogen) atoms. The number of nitrogens with zero attached hydrogens (tertiary/aromatic N) is 1. The number of carboxylic acids is 2. The Morgan fingerprint density at radius 1 is 0.700 bits per heavy atom. The Morgan fingerprint density at radius 3 is 1.77 bits per heavy atom. The van der Waals surface area contributed by atoms with Gasteiger partial charge in [-0.2, -0.15) is 0 Å². The van der Waals surface area contributed by atoms with Crippen LogP contribution in [0, 0.1) is 17.8 Å². The summed E-state index contributed by atoms with van der Waals surface area (Å²) in [7, 11) is 0. The van der Waals surface area contributed by atoms with Crippen molar-refractivity contribution in [3.63, 3.8) is 0 Å². The van der Waals surface area contributed by atoms with Crippen LogP contribution in [0.4, 0.5) is 0 Å². The van der Waals surface area contributed by atoms with Gasteiger partial charge in [0.1, 0.15) is 42.3 Å². The summed E-state index contributed by atoms with van der Waals surface area (Å²) in [6.45, 7) is 13.5. The highest BCUT2D eigenvalue weighted by Crippen LogP contribution is 2.21. The minimum Gasteiger partial charge on any atom is -0.481 e. The highest BCUT2D eigenvalue weighted by molar-refractivity contribution is 5.97. The van der Waals surface area contributed by atoms with Crippen molar-refractivity contribution in [3.05, 3.63) is 35.9 Å². The number of benzene rings is 1. The quantitative estimate of drug-likeness (QED) is 0.0693. The Kier molecular flexibility index (Phi) is 20.1. The van der Waals surface area contributed by atoms with Crippen LogP contribution in [0.15, 0.2) is 30.3 Å². The Morgan fingerprint density at radius 2 is 1.23 bits per heavy atom. The molecule has 0 saturated carbocycles. The number of carbonyl (C=O) groups is 9. The normalized spacial score (nSPS) is 17.8. The van der Waals surface area contributed by atoms with E-state index in [0.717, 1.165) is 0 Å². The molecule has 19 nitrogen and oxygen atoms in total. The van der Waals surface area contributed by atoms with E-state index in [2.05, 4.69) is 31.9 Å². The van der Waals surface area contributed by atoms with Crippen LogP contribution < -0.4 is 37.6 Å². The topological polar surface area (TPSA) is 296 Å². The van der Waals surface area contributed by atoms with Crippen molar-refractivity contribution in [1.29, 1.82) is 0 Å². The monoisotopic (exact) mass is 844 g/mol. The molecule has 1 aliphatic rings. The molecule has 19 heteroatoms. The van der Waals surface area contributed by atoms with Crippen LogP contribution in [0.1, 0.15) is 93.1 Å². The average molecular weight is 845 g/mol. The first kappa shape index (κ1) is 50.6. The molecule has 1 heterocycles. The summed E-state index contributed by atoms with van der Waals surface area (Å²) >= 11 is 0. The Labute approximate surface area is 351 Å². The second-order valence-corrected chi connectivity index (χ2v) is 16.2. The molecule has 0 bridgehead atoms. The van der Waals surface area contributed by atoms with Crippen molar-refractivity contribution >= 4 is 53.3 Å². The summed E-state index contributed by atoms with van der Waals surface area (Å²) in [5, 5.41) is 34.3. The van der Waals surface area contributed by atoms with Gasteiger partial charge in [-0.3, -0.25) is 38.4 Å². The Balaban J connectivity index is 2.20. The smallest absolute Gasteiger partial charge is 0.326 e. The molecular weight excluding hydrogens is 780 g/mol. The zero-order chi connectivity index (χ0) is 45.4. The molecule has 2 rings (SSSR count). The van der Waals surface area contributed by atoms with Gasteiger partial charge in [-0.1, -0.05) is 78.3 Å². The lowest BCUT2D eigenvalue weighted by molar-refractivity contribution is -0.150. The number of rotatable bonds is 23. The number of amides is 7. The van der Waals surface area contributed by atoms with Gasteiger partial charge in [0.05, 0.1) is 12.5 Å². The molecule has 7 amide bonds. The van der Waals surface area contributed by atoms with E-state index in [9.17, 15) is 48.3 Å². The zero-order valence-corrected chi connectivity index (χ0v) is 35.8. The first-order valence-electron chi connectivity index (χ1n) is 20.4. The second kappa shape index (κ2) is 23.9. The van der Waals surface area contributed by atoms with Gasteiger partial charge in [0, 0.05) is 13.0 Å². The minimum atomic E-state index is -1.42. The summed E-state index contributed by atoms with van der Waals surface area (Å²) in [5.74, 6) is -8.41. The molecule has 1 aliphatic heterocycles. The Hall–Kier alpha value is -5.59. The number of aliphatic carboxylic acids is 2. The van der Waals surface area contributed by atoms with Crippen molar-refractivity contribution in [2.45, 2.75) is 142 Å². The fourth-order valence-corrected chi connectivity index (χ4v) is 6.58. The van der Waals surface area contributed by atoms with E-state index in [1.165, 1.54) is 18.7 Å². The van der Waals surface area contributed by atoms with Gasteiger partial charge in [0.25, 0.3) is 0 Å². The van der Waals surface area contributed by atoms with Gasteiger partial charge in [0.15, 0.2) is 0 Å². The van der Waals surface area contributed by atoms with E-state index >= 15 is 0 Å². The van der Waals surface area contributed by atoms with Gasteiger partial charge < -0.3 is 52.7 Å². The van der Waals surface area contributed by atoms with Gasteiger partial charge in [0.2, 0.25) is 41.4 Å². The van der Waals surface area contributed by atoms with Crippen LogP contribution in [0.25, 0.3) is 0 Å². The molecule has 334 valence electrons. The summed E-state index contributed by atoms with van der Waals surface area (Å²) in [5.41, 5.74) is 6.37. The van der Waals surface area contributed by atoms with E-state index in [0.29, 0.717) is 24.8 Å². The molecule has 1 aromatic rings. The molecule has 1 saturated heterocycles. The number of nitrogens with two attached hydrogens (primary N) is 1. The minimum absolute atomic E-state index is 0.00780. The second-order valence-electron chi connectivity index (χ2n) is 16.2. The molecule has 10 N–H and O–H groups in total. The predicted octanol–water partition coefficient (Wildman–Crippen LogP) is -0.196. The summed E-state index contributed by atoms with van der Waals surface area (Å²) in [6, 6.07) is -0.698. The summed E-state index contributed by atoms with van der Waals surface area (Å²) in [4.78, 5) is 118. The molecule has 1 aromatic carbocycles. The first-order chi connectivity index (χ1) is 28.1. The molecule has 0 aromatic heterocycles. The molecule has 0 spiro atoms. The molecule has 0 unspecified atom stereocenters. The summed E-state index contributed by atoms with van der Waals surface area (Å²) < 4.78 is 0. The molecule has 1 fully saturated rings. The van der Waals surface area contributed by atoms with E-state index in [1.54, 1.807) is 51.1 Å². The molecule has 0 radical (unpaired) electrons. The van der Waals surface area contributed by atoms with Crippen LogP contribution in [0.3, 0.4) is 0 Å². The largest absolute Gasteiger partial charge is 0.481 e. The van der Waals surface area contributed by atoms with E-state index < -0.39 is 114 Å². The van der Waals surface area contributed by atoms with Gasteiger partial charge in [-0.05, 0) is 56.4 Å². The molecule has 0 aliphatic carbocycles. The third kappa shape index (κ3) is 15.5. The van der Waals surface area contributed by atoms with Crippen LogP contribution in [0.2, 0.25) is 0 Å². The number of carbonyl (C=O) groups excluding carboxylic acids is 7. The van der Waals surface area contributed by atoms with E-state index in [4.69, 9.17) is 10.8 Å². The number of hydrogen-bond donors (Lipinski definition) is 9. The van der Waals surface area contributed by atoms with Gasteiger partial charge in [-0.25, -0.2) is 4.79 Å². The first-order valence-corrected chi connectivity index (χ1v) is 20.4. The maximum atomic E-state index is 13.9. The van der Waals surface area contributed by atoms with Gasteiger partial charge >= 0.3 is 11.9 Å². The van der Waals surface area contributed by atoms with Crippen LogP contribution in [0.5, 0.6) is 0 Å². The Bertz CT molecular complexity index is 1690. The van der Waals surface area contributed by atoms with Crippen molar-refractivity contribution in [2.75, 3.05) is 6.54 Å². The highest BCUT2D eigenvalue weighted by atomic mass is 16.4. The molecular formula is C41H64N8O11. The van der Waals surface area contributed by atoms with Crippen molar-refractivity contribution < 1.29 is 53.4 Å². The maximum Gasteiger partial charge on any atom is 0.326 e. The summed E-state index contributed by atoms with van der Waals surface area (Å²) in [6.07, 6.45) is 0.782. The number of carboxylic acid groups (broad SMARTS) is 2. The number of likely N-dealkylation sites (tertiary alicyclic amines) is 1. The average Bonchev–Trinajstić information content (AvgIpc) is 3.68. The lowest BCUT2D eigenvalue weighted by Crippen LogP contribution is -2.60. The SMILES string of the molecule is CC[C@H](C)[C@H](NC(=O)[C@H](C)NC(=O)[C@H](C)NC(=O)[C@H](CC(C)C)NC(=O)[C@H](Cc1ccccc1)NC(=O)[C@@H](NC(=O)[C@@H](N)CC(=O)O)C(C)C)C(=O)N1CCC[C@H]1C(=O)O. The zero-order valence-electron chi connectivity index (χ0n) is 35.8. The highest BCUT2D eigenvalue weighted by Gasteiger charge is 2.40. The lowest BCUT2D eigenvalue weighted by Gasteiger charge is -2.31. The van der Waals surface area contributed by atoms with Crippen molar-refractivity contribution in [2.24, 2.45) is 23.5 Å². The fraction of sp³-hybridized carbons (Fsp3) is 0.634. The van der Waals surface area contributed by atoms with Crippen LogP contribution in [-0.2, 0) is 49.6 Å².